The molecule has 30 heavy (non-hydrogen) atoms. The summed E-state index contributed by atoms with van der Waals surface area (Å²) in [6, 6.07) is 6.84. The zero-order valence-electron chi connectivity index (χ0n) is 18.0. The number of benzene rings is 1. The molecule has 166 valence electrons. The van der Waals surface area contributed by atoms with Crippen molar-refractivity contribution < 1.29 is 19.1 Å². The monoisotopic (exact) mass is 418 g/mol. The van der Waals surface area contributed by atoms with E-state index in [-0.39, 0.29) is 11.8 Å². The lowest BCUT2D eigenvalue weighted by molar-refractivity contribution is -0.152. The second-order valence-electron chi connectivity index (χ2n) is 8.30. The van der Waals surface area contributed by atoms with Crippen molar-refractivity contribution in [2.75, 3.05) is 13.7 Å². The number of methoxy groups -OCH3 is 1. The smallest absolute Gasteiger partial charge is 0.328 e. The molecule has 0 radical (unpaired) electrons. The van der Waals surface area contributed by atoms with Gasteiger partial charge < -0.3 is 21.1 Å². The molecule has 0 spiro atoms. The molecule has 0 aliphatic carbocycles. The molecule has 0 bridgehead atoms. The summed E-state index contributed by atoms with van der Waals surface area (Å²) in [7, 11) is 1.32. The van der Waals surface area contributed by atoms with Crippen LogP contribution in [0.4, 0.5) is 0 Å². The Kier molecular flexibility index (Phi) is 8.80. The molecule has 8 heteroatoms. The Morgan fingerprint density at radius 1 is 1.23 bits per heavy atom. The van der Waals surface area contributed by atoms with Crippen molar-refractivity contribution in [3.05, 3.63) is 35.9 Å². The van der Waals surface area contributed by atoms with Crippen LogP contribution >= 0.6 is 0 Å². The largest absolute Gasteiger partial charge is 0.467 e. The van der Waals surface area contributed by atoms with Crippen molar-refractivity contribution in [2.24, 2.45) is 17.4 Å². The number of carbonyl (C=O) groups excluding carboxylic acids is 3. The molecule has 4 atom stereocenters. The predicted molar refractivity (Wildman–Crippen MR) is 114 cm³/mol. The van der Waals surface area contributed by atoms with Crippen LogP contribution in [0.2, 0.25) is 0 Å². The molecule has 5 N–H and O–H groups in total. The maximum absolute atomic E-state index is 13.3. The number of nitrogens with zero attached hydrogens (tertiary/aromatic N) is 1. The molecule has 1 fully saturated rings. The standard InChI is InChI=1S/C22H34N4O4/c1-14(2)12-17(21(28)26-11-7-10-18(26)22(29)30-3)25-19(20(24)27)16(23)13-15-8-5-4-6-9-15/h4-6,8-9,14,16-19,25H,7,10-13,23H2,1-3H3,(H2,24,27)/t16-,17-,18?,19+/m0/s1. The lowest BCUT2D eigenvalue weighted by Crippen LogP contribution is -2.61. The summed E-state index contributed by atoms with van der Waals surface area (Å²) in [6.07, 6.45) is 2.23. The van der Waals surface area contributed by atoms with Gasteiger partial charge in [-0.05, 0) is 37.2 Å². The maximum atomic E-state index is 13.3. The Balaban J connectivity index is 2.18. The van der Waals surface area contributed by atoms with E-state index in [2.05, 4.69) is 5.32 Å². The molecule has 0 saturated carbocycles. The summed E-state index contributed by atoms with van der Waals surface area (Å²) in [4.78, 5) is 39.1. The van der Waals surface area contributed by atoms with Crippen molar-refractivity contribution in [1.82, 2.24) is 10.2 Å². The Hall–Kier alpha value is -2.45. The highest BCUT2D eigenvalue weighted by molar-refractivity contribution is 5.89. The first-order chi connectivity index (χ1) is 14.2. The fraction of sp³-hybridized carbons (Fsp3) is 0.591. The Labute approximate surface area is 178 Å². The van der Waals surface area contributed by atoms with E-state index >= 15 is 0 Å². The van der Waals surface area contributed by atoms with Crippen LogP contribution in [0.5, 0.6) is 0 Å². The third kappa shape index (κ3) is 6.27. The van der Waals surface area contributed by atoms with E-state index in [0.29, 0.717) is 25.8 Å². The van der Waals surface area contributed by atoms with Crippen LogP contribution in [-0.4, -0.2) is 60.5 Å². The zero-order chi connectivity index (χ0) is 22.3. The lowest BCUT2D eigenvalue weighted by Gasteiger charge is -2.32. The predicted octanol–water partition coefficient (Wildman–Crippen LogP) is 0.579. The molecule has 1 aliphatic rings. The summed E-state index contributed by atoms with van der Waals surface area (Å²) in [5, 5.41) is 3.12. The highest BCUT2D eigenvalue weighted by Crippen LogP contribution is 2.21. The van der Waals surface area contributed by atoms with Crippen molar-refractivity contribution in [3.8, 4) is 0 Å². The fourth-order valence-electron chi connectivity index (χ4n) is 3.96. The summed E-state index contributed by atoms with van der Waals surface area (Å²) in [5.74, 6) is -1.07. The van der Waals surface area contributed by atoms with Crippen LogP contribution < -0.4 is 16.8 Å². The summed E-state index contributed by atoms with van der Waals surface area (Å²) in [6.45, 7) is 4.46. The summed E-state index contributed by atoms with van der Waals surface area (Å²) in [5.41, 5.74) is 12.9. The van der Waals surface area contributed by atoms with Crippen LogP contribution in [0.15, 0.2) is 30.3 Å². The van der Waals surface area contributed by atoms with Crippen molar-refractivity contribution in [1.29, 1.82) is 0 Å². The summed E-state index contributed by atoms with van der Waals surface area (Å²) >= 11 is 0. The van der Waals surface area contributed by atoms with Gasteiger partial charge in [-0.3, -0.25) is 14.9 Å². The number of rotatable bonds is 10. The third-order valence-electron chi connectivity index (χ3n) is 5.44. The molecule has 1 aliphatic heterocycles. The van der Waals surface area contributed by atoms with Gasteiger partial charge in [0.2, 0.25) is 11.8 Å². The van der Waals surface area contributed by atoms with Gasteiger partial charge in [0.15, 0.2) is 0 Å². The molecular formula is C22H34N4O4. The third-order valence-corrected chi connectivity index (χ3v) is 5.44. The number of amides is 2. The molecule has 1 aromatic rings. The molecule has 8 nitrogen and oxygen atoms in total. The van der Waals surface area contributed by atoms with Crippen LogP contribution in [0, 0.1) is 5.92 Å². The maximum Gasteiger partial charge on any atom is 0.328 e. The van der Waals surface area contributed by atoms with Gasteiger partial charge in [-0.1, -0.05) is 44.2 Å². The van der Waals surface area contributed by atoms with E-state index in [1.54, 1.807) is 4.90 Å². The van der Waals surface area contributed by atoms with E-state index < -0.39 is 36.0 Å². The van der Waals surface area contributed by atoms with Crippen LogP contribution in [0.1, 0.15) is 38.7 Å². The van der Waals surface area contributed by atoms with Crippen LogP contribution in [0.3, 0.4) is 0 Å². The van der Waals surface area contributed by atoms with E-state index in [4.69, 9.17) is 16.2 Å². The topological polar surface area (TPSA) is 128 Å². The first-order valence-electron chi connectivity index (χ1n) is 10.5. The number of likely N-dealkylation sites (tertiary alicyclic amines) is 1. The number of hydrogen-bond acceptors (Lipinski definition) is 6. The number of ether oxygens (including phenoxy) is 1. The van der Waals surface area contributed by atoms with Gasteiger partial charge in [-0.15, -0.1) is 0 Å². The van der Waals surface area contributed by atoms with Gasteiger partial charge in [0.25, 0.3) is 0 Å². The Morgan fingerprint density at radius 3 is 2.47 bits per heavy atom. The van der Waals surface area contributed by atoms with Crippen molar-refractivity contribution in [2.45, 2.75) is 63.7 Å². The molecule has 1 heterocycles. The van der Waals surface area contributed by atoms with E-state index in [0.717, 1.165) is 12.0 Å². The van der Waals surface area contributed by atoms with Gasteiger partial charge in [0.1, 0.15) is 12.1 Å². The summed E-state index contributed by atoms with van der Waals surface area (Å²) < 4.78 is 4.85. The van der Waals surface area contributed by atoms with Crippen LogP contribution in [-0.2, 0) is 25.5 Å². The number of nitrogens with one attached hydrogen (secondary N) is 1. The fourth-order valence-corrected chi connectivity index (χ4v) is 3.96. The normalized spacial score (nSPS) is 19.4. The Morgan fingerprint density at radius 2 is 1.90 bits per heavy atom. The lowest BCUT2D eigenvalue weighted by atomic mass is 9.96. The molecular weight excluding hydrogens is 384 g/mol. The average molecular weight is 419 g/mol. The van der Waals surface area contributed by atoms with Crippen molar-refractivity contribution >= 4 is 17.8 Å². The molecule has 2 rings (SSSR count). The number of nitrogens with two attached hydrogens (primary N) is 2. The molecule has 0 aromatic heterocycles. The molecule has 2 amide bonds. The number of carbonyl (C=O) groups is 3. The quantitative estimate of drug-likeness (QED) is 0.477. The second-order valence-corrected chi connectivity index (χ2v) is 8.30. The Bertz CT molecular complexity index is 725. The van der Waals surface area contributed by atoms with Gasteiger partial charge in [0.05, 0.1) is 13.2 Å². The second kappa shape index (κ2) is 11.1. The van der Waals surface area contributed by atoms with Gasteiger partial charge in [-0.2, -0.15) is 0 Å². The molecule has 1 saturated heterocycles. The highest BCUT2D eigenvalue weighted by Gasteiger charge is 2.39. The average Bonchev–Trinajstić information content (AvgIpc) is 3.19. The van der Waals surface area contributed by atoms with Crippen molar-refractivity contribution in [3.63, 3.8) is 0 Å². The van der Waals surface area contributed by atoms with Gasteiger partial charge in [0, 0.05) is 12.6 Å². The van der Waals surface area contributed by atoms with Gasteiger partial charge in [-0.25, -0.2) is 4.79 Å². The zero-order valence-corrected chi connectivity index (χ0v) is 18.0. The first kappa shape index (κ1) is 23.8. The minimum Gasteiger partial charge on any atom is -0.467 e. The number of esters is 1. The molecule has 1 unspecified atom stereocenters. The minimum absolute atomic E-state index is 0.185. The molecule has 1 aromatic carbocycles. The SMILES string of the molecule is COC(=O)C1CCCN1C(=O)[C@H](CC(C)C)N[C@@H](C(N)=O)[C@@H](N)Cc1ccccc1. The van der Waals surface area contributed by atoms with E-state index in [9.17, 15) is 14.4 Å². The first-order valence-corrected chi connectivity index (χ1v) is 10.5. The highest BCUT2D eigenvalue weighted by atomic mass is 16.5. The van der Waals surface area contributed by atoms with E-state index in [1.807, 2.05) is 44.2 Å². The minimum atomic E-state index is -0.878. The van der Waals surface area contributed by atoms with E-state index in [1.165, 1.54) is 7.11 Å². The number of hydrogen-bond donors (Lipinski definition) is 3. The number of primary amides is 1. The van der Waals surface area contributed by atoms with Gasteiger partial charge >= 0.3 is 5.97 Å². The van der Waals surface area contributed by atoms with Crippen LogP contribution in [0.25, 0.3) is 0 Å².